The van der Waals surface area contributed by atoms with Crippen molar-refractivity contribution in [2.75, 3.05) is 50.8 Å². The molecule has 0 aromatic heterocycles. The first kappa shape index (κ1) is 26.2. The SMILES string of the molecule is CCCN1CCN(c2ccc(C(=O)N[C@@H](CC(C)C)C(=O)N3C[C@H](C4CC4)[C@H]4OCC(=O)[C@H]43)cc2)CC1. The van der Waals surface area contributed by atoms with Crippen LogP contribution < -0.4 is 10.2 Å². The van der Waals surface area contributed by atoms with Crippen molar-refractivity contribution in [3.8, 4) is 0 Å². The Kier molecular flexibility index (Phi) is 7.86. The number of nitrogens with one attached hydrogen (secondary N) is 1. The van der Waals surface area contributed by atoms with Gasteiger partial charge in [0.25, 0.3) is 5.91 Å². The zero-order valence-corrected chi connectivity index (χ0v) is 22.5. The minimum absolute atomic E-state index is 0.0118. The van der Waals surface area contributed by atoms with E-state index in [-0.39, 0.29) is 42.1 Å². The Hall–Kier alpha value is -2.45. The lowest BCUT2D eigenvalue weighted by molar-refractivity contribution is -0.138. The molecule has 0 unspecified atom stereocenters. The van der Waals surface area contributed by atoms with E-state index in [0.29, 0.717) is 24.4 Å². The normalized spacial score (nSPS) is 27.0. The van der Waals surface area contributed by atoms with Crippen molar-refractivity contribution in [1.82, 2.24) is 15.1 Å². The molecule has 3 heterocycles. The maximum absolute atomic E-state index is 13.8. The number of benzene rings is 1. The second kappa shape index (κ2) is 11.1. The first-order valence-electron chi connectivity index (χ1n) is 14.2. The van der Waals surface area contributed by atoms with Crippen LogP contribution in [0.2, 0.25) is 0 Å². The van der Waals surface area contributed by atoms with Gasteiger partial charge in [0.15, 0.2) is 5.78 Å². The van der Waals surface area contributed by atoms with Crippen molar-refractivity contribution in [3.63, 3.8) is 0 Å². The highest BCUT2D eigenvalue weighted by Gasteiger charge is 2.56. The van der Waals surface area contributed by atoms with E-state index in [1.807, 2.05) is 38.1 Å². The first-order chi connectivity index (χ1) is 17.9. The summed E-state index contributed by atoms with van der Waals surface area (Å²) in [6.07, 6.45) is 3.81. The third kappa shape index (κ3) is 5.70. The number of hydrogen-bond donors (Lipinski definition) is 1. The van der Waals surface area contributed by atoms with E-state index < -0.39 is 12.1 Å². The van der Waals surface area contributed by atoms with Gasteiger partial charge in [0, 0.05) is 49.9 Å². The summed E-state index contributed by atoms with van der Waals surface area (Å²) in [6, 6.07) is 6.55. The van der Waals surface area contributed by atoms with E-state index in [1.165, 1.54) is 6.42 Å². The highest BCUT2D eigenvalue weighted by molar-refractivity contribution is 5.99. The summed E-state index contributed by atoms with van der Waals surface area (Å²) in [7, 11) is 0. The van der Waals surface area contributed by atoms with E-state index in [1.54, 1.807) is 4.90 Å². The monoisotopic (exact) mass is 510 g/mol. The molecule has 8 heteroatoms. The Morgan fingerprint density at radius 1 is 1.08 bits per heavy atom. The number of ketones is 1. The van der Waals surface area contributed by atoms with Gasteiger partial charge in [-0.3, -0.25) is 19.3 Å². The molecule has 3 aliphatic heterocycles. The number of amides is 2. The summed E-state index contributed by atoms with van der Waals surface area (Å²) < 4.78 is 5.84. The lowest BCUT2D eigenvalue weighted by Crippen LogP contribution is -2.52. The second-order valence-electron chi connectivity index (χ2n) is 11.7. The summed E-state index contributed by atoms with van der Waals surface area (Å²) in [5.41, 5.74) is 1.67. The second-order valence-corrected chi connectivity index (χ2v) is 11.7. The Morgan fingerprint density at radius 3 is 2.41 bits per heavy atom. The molecule has 37 heavy (non-hydrogen) atoms. The smallest absolute Gasteiger partial charge is 0.251 e. The van der Waals surface area contributed by atoms with Crippen LogP contribution in [0.15, 0.2) is 24.3 Å². The van der Waals surface area contributed by atoms with Crippen LogP contribution in [0.3, 0.4) is 0 Å². The quantitative estimate of drug-likeness (QED) is 0.550. The zero-order valence-electron chi connectivity index (χ0n) is 22.5. The molecule has 1 N–H and O–H groups in total. The zero-order chi connectivity index (χ0) is 26.1. The third-order valence-electron chi connectivity index (χ3n) is 8.45. The molecular weight excluding hydrogens is 468 g/mol. The molecule has 4 aliphatic rings. The summed E-state index contributed by atoms with van der Waals surface area (Å²) in [5, 5.41) is 3.01. The van der Waals surface area contributed by atoms with Gasteiger partial charge >= 0.3 is 0 Å². The number of carbonyl (C=O) groups is 3. The van der Waals surface area contributed by atoms with Crippen LogP contribution in [0.5, 0.6) is 0 Å². The molecule has 0 bridgehead atoms. The lowest BCUT2D eigenvalue weighted by Gasteiger charge is -2.36. The molecule has 0 spiro atoms. The number of carbonyl (C=O) groups excluding carboxylic acids is 3. The Labute approximate surface area is 220 Å². The number of Topliss-reactive ketones (excluding diaryl/α,β-unsaturated/α-hetero) is 1. The van der Waals surface area contributed by atoms with E-state index in [0.717, 1.165) is 51.3 Å². The van der Waals surface area contributed by atoms with Gasteiger partial charge in [-0.15, -0.1) is 0 Å². The minimum Gasteiger partial charge on any atom is -0.369 e. The third-order valence-corrected chi connectivity index (χ3v) is 8.45. The fraction of sp³-hybridized carbons (Fsp3) is 0.690. The van der Waals surface area contributed by atoms with Crippen molar-refractivity contribution < 1.29 is 19.1 Å². The number of anilines is 1. The summed E-state index contributed by atoms with van der Waals surface area (Å²) >= 11 is 0. The van der Waals surface area contributed by atoms with Crippen LogP contribution in [0.1, 0.15) is 56.8 Å². The number of likely N-dealkylation sites (tertiary alicyclic amines) is 1. The molecule has 1 saturated carbocycles. The average Bonchev–Trinajstić information content (AvgIpc) is 3.56. The standard InChI is InChI=1S/C29H42N4O4/c1-4-11-31-12-14-32(15-13-31)22-9-7-21(8-10-22)28(35)30-24(16-19(2)3)29(36)33-17-23(20-5-6-20)27-26(33)25(34)18-37-27/h7-10,19-20,23-24,26-27H,4-6,11-18H2,1-3H3,(H,30,35)/t23-,24+,26-,27-/m1/s1. The fourth-order valence-electron chi connectivity index (χ4n) is 6.36. The maximum atomic E-state index is 13.8. The number of nitrogens with zero attached hydrogens (tertiary/aromatic N) is 3. The molecule has 1 aromatic rings. The summed E-state index contributed by atoms with van der Waals surface area (Å²) in [5.74, 6) is 0.579. The van der Waals surface area contributed by atoms with Crippen molar-refractivity contribution in [1.29, 1.82) is 0 Å². The predicted octanol–water partition coefficient (Wildman–Crippen LogP) is 2.57. The molecule has 202 valence electrons. The van der Waals surface area contributed by atoms with Gasteiger partial charge in [-0.05, 0) is 68.3 Å². The van der Waals surface area contributed by atoms with Crippen LogP contribution in [0, 0.1) is 17.8 Å². The van der Waals surface area contributed by atoms with Crippen LogP contribution in [0.25, 0.3) is 0 Å². The van der Waals surface area contributed by atoms with Crippen molar-refractivity contribution >= 4 is 23.3 Å². The van der Waals surface area contributed by atoms with Gasteiger partial charge < -0.3 is 19.9 Å². The van der Waals surface area contributed by atoms with Gasteiger partial charge in [-0.1, -0.05) is 20.8 Å². The van der Waals surface area contributed by atoms with E-state index in [2.05, 4.69) is 22.0 Å². The maximum Gasteiger partial charge on any atom is 0.251 e. The van der Waals surface area contributed by atoms with E-state index >= 15 is 0 Å². The molecule has 5 rings (SSSR count). The largest absolute Gasteiger partial charge is 0.369 e. The van der Waals surface area contributed by atoms with Crippen LogP contribution in [0.4, 0.5) is 5.69 Å². The number of hydrogen-bond acceptors (Lipinski definition) is 6. The van der Waals surface area contributed by atoms with Gasteiger partial charge in [0.2, 0.25) is 5.91 Å². The number of rotatable bonds is 9. The average molecular weight is 511 g/mol. The van der Waals surface area contributed by atoms with E-state index in [9.17, 15) is 14.4 Å². The lowest BCUT2D eigenvalue weighted by atomic mass is 9.97. The fourth-order valence-corrected chi connectivity index (χ4v) is 6.36. The molecule has 8 nitrogen and oxygen atoms in total. The van der Waals surface area contributed by atoms with Crippen molar-refractivity contribution in [2.24, 2.45) is 17.8 Å². The minimum atomic E-state index is -0.661. The first-order valence-corrected chi connectivity index (χ1v) is 14.2. The molecule has 1 aliphatic carbocycles. The van der Waals surface area contributed by atoms with Gasteiger partial charge in [0.05, 0.1) is 6.10 Å². The molecule has 1 aromatic carbocycles. The van der Waals surface area contributed by atoms with Crippen LogP contribution in [-0.2, 0) is 14.3 Å². The highest BCUT2D eigenvalue weighted by atomic mass is 16.5. The summed E-state index contributed by atoms with van der Waals surface area (Å²) in [6.45, 7) is 12.2. The van der Waals surface area contributed by atoms with Gasteiger partial charge in [0.1, 0.15) is 18.7 Å². The predicted molar refractivity (Wildman–Crippen MR) is 143 cm³/mol. The van der Waals surface area contributed by atoms with Crippen molar-refractivity contribution in [3.05, 3.63) is 29.8 Å². The number of ether oxygens (including phenoxy) is 1. The molecular formula is C29H42N4O4. The highest BCUT2D eigenvalue weighted by Crippen LogP contribution is 2.46. The van der Waals surface area contributed by atoms with E-state index in [4.69, 9.17) is 4.74 Å². The van der Waals surface area contributed by atoms with Crippen LogP contribution >= 0.6 is 0 Å². The Bertz CT molecular complexity index is 984. The molecule has 4 fully saturated rings. The molecule has 3 saturated heterocycles. The number of fused-ring (bicyclic) bond motifs is 1. The Morgan fingerprint density at radius 2 is 1.78 bits per heavy atom. The van der Waals surface area contributed by atoms with Crippen LogP contribution in [-0.4, -0.2) is 91.5 Å². The molecule has 2 amide bonds. The number of piperazine rings is 1. The van der Waals surface area contributed by atoms with Crippen molar-refractivity contribution in [2.45, 2.75) is 64.6 Å². The molecule has 4 atom stereocenters. The van der Waals surface area contributed by atoms with Gasteiger partial charge in [-0.2, -0.15) is 0 Å². The van der Waals surface area contributed by atoms with Gasteiger partial charge in [-0.25, -0.2) is 0 Å². The topological polar surface area (TPSA) is 82.2 Å². The Balaban J connectivity index is 1.24. The summed E-state index contributed by atoms with van der Waals surface area (Å²) in [4.78, 5) is 46.2. The molecule has 0 radical (unpaired) electrons.